The van der Waals surface area contributed by atoms with Gasteiger partial charge in [0.15, 0.2) is 0 Å². The molecule has 0 bridgehead atoms. The van der Waals surface area contributed by atoms with Gasteiger partial charge >= 0.3 is 24.5 Å². The summed E-state index contributed by atoms with van der Waals surface area (Å²) in [4.78, 5) is 42.1. The van der Waals surface area contributed by atoms with Crippen LogP contribution < -0.4 is 5.73 Å². The first-order valence-electron chi connectivity index (χ1n) is 7.85. The molecule has 164 valence electrons. The van der Waals surface area contributed by atoms with E-state index in [2.05, 4.69) is 0 Å². The number of hydrogen-bond donors (Lipinski definition) is 5. The molecule has 0 rings (SSSR count). The number of ether oxygens (including phenoxy) is 2. The maximum absolute atomic E-state index is 12.0. The SMILES string of the molecule is CC(C)(C)OC(=O)N(CC=CCN)C(=O)OC(C)(C)C.O=C(O)O.O=C(O)O. The molecule has 0 aliphatic rings. The number of hydrogen-bond acceptors (Lipinski definition) is 7. The summed E-state index contributed by atoms with van der Waals surface area (Å²) in [6.07, 6.45) is -1.88. The van der Waals surface area contributed by atoms with Crippen molar-refractivity contribution in [2.75, 3.05) is 13.1 Å². The van der Waals surface area contributed by atoms with Crippen molar-refractivity contribution in [3.8, 4) is 0 Å². The van der Waals surface area contributed by atoms with Crippen molar-refractivity contribution in [1.29, 1.82) is 0 Å². The summed E-state index contributed by atoms with van der Waals surface area (Å²) in [7, 11) is 0. The molecule has 0 heterocycles. The van der Waals surface area contributed by atoms with Crippen LogP contribution in [0, 0.1) is 0 Å². The molecular formula is C16H30N2O10. The summed E-state index contributed by atoms with van der Waals surface area (Å²) in [5.74, 6) is 0. The Bertz CT molecular complexity index is 485. The quantitative estimate of drug-likeness (QED) is 0.428. The van der Waals surface area contributed by atoms with Crippen LogP contribution >= 0.6 is 0 Å². The van der Waals surface area contributed by atoms with Gasteiger partial charge in [-0.3, -0.25) is 0 Å². The predicted molar refractivity (Wildman–Crippen MR) is 98.7 cm³/mol. The van der Waals surface area contributed by atoms with Gasteiger partial charge in [0.05, 0.1) is 6.54 Å². The summed E-state index contributed by atoms with van der Waals surface area (Å²) in [5.41, 5.74) is 3.96. The van der Waals surface area contributed by atoms with Gasteiger partial charge in [-0.15, -0.1) is 0 Å². The first kappa shape index (κ1) is 29.7. The second-order valence-corrected chi connectivity index (χ2v) is 6.84. The highest BCUT2D eigenvalue weighted by Gasteiger charge is 2.30. The molecule has 2 amide bonds. The largest absolute Gasteiger partial charge is 0.503 e. The molecule has 12 nitrogen and oxygen atoms in total. The number of rotatable bonds is 3. The Kier molecular flexibility index (Phi) is 15.0. The topological polar surface area (TPSA) is 197 Å². The first-order valence-corrected chi connectivity index (χ1v) is 7.85. The van der Waals surface area contributed by atoms with E-state index < -0.39 is 35.7 Å². The average Bonchev–Trinajstić information content (AvgIpc) is 2.38. The molecule has 0 saturated carbocycles. The lowest BCUT2D eigenvalue weighted by atomic mass is 10.2. The summed E-state index contributed by atoms with van der Waals surface area (Å²) in [6, 6.07) is 0. The van der Waals surface area contributed by atoms with Gasteiger partial charge < -0.3 is 35.6 Å². The minimum atomic E-state index is -1.83. The van der Waals surface area contributed by atoms with Crippen LogP contribution in [0.1, 0.15) is 41.5 Å². The minimum Gasteiger partial charge on any atom is -0.450 e. The maximum Gasteiger partial charge on any atom is 0.503 e. The van der Waals surface area contributed by atoms with Crippen molar-refractivity contribution in [2.45, 2.75) is 52.7 Å². The third-order valence-corrected chi connectivity index (χ3v) is 1.82. The number of imide groups is 1. The second kappa shape index (κ2) is 14.1. The fraction of sp³-hybridized carbons (Fsp3) is 0.625. The van der Waals surface area contributed by atoms with Crippen LogP contribution in [0.15, 0.2) is 12.2 Å². The Morgan fingerprint density at radius 1 is 0.786 bits per heavy atom. The molecule has 0 aromatic heterocycles. The Morgan fingerprint density at radius 3 is 1.29 bits per heavy atom. The molecule has 0 radical (unpaired) electrons. The molecule has 0 aromatic rings. The predicted octanol–water partition coefficient (Wildman–Crippen LogP) is 3.12. The monoisotopic (exact) mass is 410 g/mol. The number of nitrogens with two attached hydrogens (primary N) is 1. The van der Waals surface area contributed by atoms with E-state index in [1.54, 1.807) is 53.7 Å². The van der Waals surface area contributed by atoms with E-state index in [0.717, 1.165) is 4.90 Å². The zero-order valence-corrected chi connectivity index (χ0v) is 16.8. The molecule has 0 unspecified atom stereocenters. The van der Waals surface area contributed by atoms with Crippen LogP contribution in [-0.2, 0) is 9.47 Å². The molecule has 0 atom stereocenters. The molecule has 0 fully saturated rings. The Morgan fingerprint density at radius 2 is 1.07 bits per heavy atom. The van der Waals surface area contributed by atoms with Crippen LogP contribution in [0.2, 0.25) is 0 Å². The zero-order valence-electron chi connectivity index (χ0n) is 16.8. The fourth-order valence-electron chi connectivity index (χ4n) is 1.13. The molecule has 0 aromatic carbocycles. The highest BCUT2D eigenvalue weighted by molar-refractivity contribution is 5.88. The summed E-state index contributed by atoms with van der Waals surface area (Å²) < 4.78 is 10.4. The van der Waals surface area contributed by atoms with E-state index in [4.69, 9.17) is 45.2 Å². The van der Waals surface area contributed by atoms with Gasteiger partial charge in [-0.05, 0) is 41.5 Å². The van der Waals surface area contributed by atoms with Crippen molar-refractivity contribution < 1.29 is 49.1 Å². The van der Waals surface area contributed by atoms with Crippen LogP contribution in [0.5, 0.6) is 0 Å². The van der Waals surface area contributed by atoms with E-state index >= 15 is 0 Å². The second-order valence-electron chi connectivity index (χ2n) is 6.84. The lowest BCUT2D eigenvalue weighted by molar-refractivity contribution is 0.00368. The molecule has 12 heteroatoms. The Balaban J connectivity index is -0.000000656. The van der Waals surface area contributed by atoms with Gasteiger partial charge in [-0.25, -0.2) is 24.1 Å². The minimum absolute atomic E-state index is 0.0566. The molecular weight excluding hydrogens is 380 g/mol. The smallest absolute Gasteiger partial charge is 0.450 e. The molecule has 6 N–H and O–H groups in total. The van der Waals surface area contributed by atoms with Crippen molar-refractivity contribution >= 4 is 24.5 Å². The van der Waals surface area contributed by atoms with E-state index in [-0.39, 0.29) is 6.54 Å². The van der Waals surface area contributed by atoms with Crippen molar-refractivity contribution in [3.05, 3.63) is 12.2 Å². The average molecular weight is 410 g/mol. The van der Waals surface area contributed by atoms with E-state index in [0.29, 0.717) is 6.54 Å². The standard InChI is InChI=1S/C14H26N2O4.2CH2O3/c1-13(2,3)19-11(17)16(10-8-7-9-15)12(18)20-14(4,5)6;2*2-1(3)4/h7-8H,9-10,15H2,1-6H3;2*(H2,2,3,4). The van der Waals surface area contributed by atoms with E-state index in [9.17, 15) is 9.59 Å². The maximum atomic E-state index is 12.0. The lowest BCUT2D eigenvalue weighted by Gasteiger charge is -2.28. The van der Waals surface area contributed by atoms with Crippen LogP contribution in [0.25, 0.3) is 0 Å². The number of nitrogens with zero attached hydrogens (tertiary/aromatic N) is 1. The first-order chi connectivity index (χ1) is 12.4. The third-order valence-electron chi connectivity index (χ3n) is 1.82. The Hall–Kier alpha value is -3.02. The highest BCUT2D eigenvalue weighted by atomic mass is 16.6. The van der Waals surface area contributed by atoms with Crippen LogP contribution in [-0.4, -0.2) is 74.1 Å². The normalized spacial score (nSPS) is 10.5. The number of carbonyl (C=O) groups is 4. The van der Waals surface area contributed by atoms with Crippen LogP contribution in [0.4, 0.5) is 19.2 Å². The zero-order chi connectivity index (χ0) is 23.1. The Labute approximate surface area is 163 Å². The molecule has 28 heavy (non-hydrogen) atoms. The van der Waals surface area contributed by atoms with Crippen molar-refractivity contribution in [1.82, 2.24) is 4.90 Å². The van der Waals surface area contributed by atoms with Gasteiger partial charge in [0, 0.05) is 6.54 Å². The molecule has 0 aliphatic heterocycles. The van der Waals surface area contributed by atoms with Crippen LogP contribution in [0.3, 0.4) is 0 Å². The summed E-state index contributed by atoms with van der Waals surface area (Å²) >= 11 is 0. The summed E-state index contributed by atoms with van der Waals surface area (Å²) in [6.45, 7) is 10.8. The highest BCUT2D eigenvalue weighted by Crippen LogP contribution is 2.14. The number of carboxylic acid groups (broad SMARTS) is 4. The lowest BCUT2D eigenvalue weighted by Crippen LogP contribution is -2.43. The third kappa shape index (κ3) is 27.8. The molecule has 0 aliphatic carbocycles. The fourth-order valence-corrected chi connectivity index (χ4v) is 1.13. The van der Waals surface area contributed by atoms with Gasteiger partial charge in [0.25, 0.3) is 0 Å². The van der Waals surface area contributed by atoms with Gasteiger partial charge in [-0.1, -0.05) is 12.2 Å². The molecule has 0 saturated heterocycles. The van der Waals surface area contributed by atoms with Gasteiger partial charge in [0.2, 0.25) is 0 Å². The molecule has 0 spiro atoms. The van der Waals surface area contributed by atoms with Gasteiger partial charge in [0.1, 0.15) is 11.2 Å². The van der Waals surface area contributed by atoms with E-state index in [1.807, 2.05) is 0 Å². The number of amides is 2. The van der Waals surface area contributed by atoms with Gasteiger partial charge in [-0.2, -0.15) is 0 Å². The van der Waals surface area contributed by atoms with Crippen molar-refractivity contribution in [2.24, 2.45) is 5.73 Å². The summed E-state index contributed by atoms with van der Waals surface area (Å²) in [5, 5.41) is 27.9. The number of carbonyl (C=O) groups excluding carboxylic acids is 2. The van der Waals surface area contributed by atoms with E-state index in [1.165, 1.54) is 0 Å². The van der Waals surface area contributed by atoms with Crippen molar-refractivity contribution in [3.63, 3.8) is 0 Å².